The molecule has 0 bridgehead atoms. The van der Waals surface area contributed by atoms with Gasteiger partial charge in [-0.15, -0.1) is 0 Å². The Morgan fingerprint density at radius 3 is 2.50 bits per heavy atom. The van der Waals surface area contributed by atoms with Crippen molar-refractivity contribution in [2.45, 2.75) is 32.0 Å². The van der Waals surface area contributed by atoms with E-state index in [4.69, 9.17) is 5.73 Å². The summed E-state index contributed by atoms with van der Waals surface area (Å²) in [4.78, 5) is 0. The van der Waals surface area contributed by atoms with Gasteiger partial charge in [0, 0.05) is 12.5 Å². The molecule has 0 amide bonds. The minimum absolute atomic E-state index is 0.0329. The van der Waals surface area contributed by atoms with Crippen LogP contribution in [0.2, 0.25) is 0 Å². The third-order valence-corrected chi connectivity index (χ3v) is 1.79. The van der Waals surface area contributed by atoms with Gasteiger partial charge in [-0.05, 0) is 25.5 Å². The van der Waals surface area contributed by atoms with Crippen molar-refractivity contribution in [1.82, 2.24) is 0 Å². The Kier molecular flexibility index (Phi) is 3.21. The second-order valence-electron chi connectivity index (χ2n) is 3.28. The van der Waals surface area contributed by atoms with Gasteiger partial charge < -0.3 is 10.2 Å². The highest BCUT2D eigenvalue weighted by Crippen LogP contribution is 2.30. The quantitative estimate of drug-likeness (QED) is 0.827. The lowest BCUT2D eigenvalue weighted by Gasteiger charge is -2.03. The van der Waals surface area contributed by atoms with E-state index in [1.165, 1.54) is 6.07 Å². The van der Waals surface area contributed by atoms with Crippen LogP contribution in [0.3, 0.4) is 0 Å². The highest BCUT2D eigenvalue weighted by Gasteiger charge is 2.34. The lowest BCUT2D eigenvalue weighted by atomic mass is 10.2. The number of nitrogens with two attached hydrogens (primary N) is 1. The van der Waals surface area contributed by atoms with Crippen molar-refractivity contribution in [1.29, 1.82) is 0 Å². The van der Waals surface area contributed by atoms with E-state index in [0.717, 1.165) is 6.07 Å². The molecule has 1 aromatic rings. The van der Waals surface area contributed by atoms with E-state index in [9.17, 15) is 13.2 Å². The molecule has 1 rings (SSSR count). The topological polar surface area (TPSA) is 39.2 Å². The molecule has 5 heteroatoms. The van der Waals surface area contributed by atoms with Gasteiger partial charge in [-0.1, -0.05) is 0 Å². The number of rotatable bonds is 3. The van der Waals surface area contributed by atoms with E-state index >= 15 is 0 Å². The summed E-state index contributed by atoms with van der Waals surface area (Å²) in [5.41, 5.74) is 5.47. The first kappa shape index (κ1) is 11.1. The molecular formula is C9H12F3NO. The zero-order valence-corrected chi connectivity index (χ0v) is 7.77. The molecule has 80 valence electrons. The Morgan fingerprint density at radius 1 is 1.43 bits per heavy atom. The van der Waals surface area contributed by atoms with Crippen LogP contribution in [0.25, 0.3) is 0 Å². The molecule has 0 unspecified atom stereocenters. The Labute approximate surface area is 79.9 Å². The van der Waals surface area contributed by atoms with Crippen LogP contribution in [0.15, 0.2) is 16.5 Å². The van der Waals surface area contributed by atoms with Gasteiger partial charge in [-0.3, -0.25) is 0 Å². The SMILES string of the molecule is C[C@@H](N)CCc1ccc(C(F)(F)F)o1. The summed E-state index contributed by atoms with van der Waals surface area (Å²) in [5.74, 6) is -0.619. The third kappa shape index (κ3) is 3.06. The molecule has 1 heterocycles. The molecule has 1 aromatic heterocycles. The third-order valence-electron chi connectivity index (χ3n) is 1.79. The average molecular weight is 207 g/mol. The fourth-order valence-electron chi connectivity index (χ4n) is 1.03. The van der Waals surface area contributed by atoms with Crippen LogP contribution >= 0.6 is 0 Å². The van der Waals surface area contributed by atoms with E-state index in [0.29, 0.717) is 18.6 Å². The molecule has 2 nitrogen and oxygen atoms in total. The Balaban J connectivity index is 2.60. The highest BCUT2D eigenvalue weighted by molar-refractivity contribution is 5.09. The molecule has 2 N–H and O–H groups in total. The second kappa shape index (κ2) is 4.04. The summed E-state index contributed by atoms with van der Waals surface area (Å²) >= 11 is 0. The Morgan fingerprint density at radius 2 is 2.07 bits per heavy atom. The number of furan rings is 1. The van der Waals surface area contributed by atoms with Crippen molar-refractivity contribution in [2.24, 2.45) is 5.73 Å². The van der Waals surface area contributed by atoms with Gasteiger partial charge in [0.2, 0.25) is 5.76 Å². The highest BCUT2D eigenvalue weighted by atomic mass is 19.4. The first-order chi connectivity index (χ1) is 6.39. The minimum Gasteiger partial charge on any atom is -0.457 e. The largest absolute Gasteiger partial charge is 0.457 e. The van der Waals surface area contributed by atoms with Gasteiger partial charge in [0.25, 0.3) is 0 Å². The van der Waals surface area contributed by atoms with Crippen LogP contribution in [0.4, 0.5) is 13.2 Å². The molecule has 0 aliphatic rings. The molecule has 0 saturated heterocycles. The molecule has 0 aliphatic heterocycles. The van der Waals surface area contributed by atoms with E-state index in [2.05, 4.69) is 4.42 Å². The van der Waals surface area contributed by atoms with E-state index < -0.39 is 11.9 Å². The summed E-state index contributed by atoms with van der Waals surface area (Å²) in [7, 11) is 0. The number of alkyl halides is 3. The Bertz CT molecular complexity index is 290. The predicted molar refractivity (Wildman–Crippen MR) is 45.7 cm³/mol. The van der Waals surface area contributed by atoms with Crippen LogP contribution in [0.1, 0.15) is 24.9 Å². The maximum Gasteiger partial charge on any atom is 0.449 e. The molecule has 1 atom stereocenters. The van der Waals surface area contributed by atoms with Crippen LogP contribution < -0.4 is 5.73 Å². The van der Waals surface area contributed by atoms with Gasteiger partial charge in [0.1, 0.15) is 5.76 Å². The number of aryl methyl sites for hydroxylation is 1. The maximum atomic E-state index is 12.1. The van der Waals surface area contributed by atoms with Gasteiger partial charge >= 0.3 is 6.18 Å². The lowest BCUT2D eigenvalue weighted by Crippen LogP contribution is -2.15. The molecule has 0 aliphatic carbocycles. The first-order valence-electron chi connectivity index (χ1n) is 4.31. The zero-order valence-electron chi connectivity index (χ0n) is 7.77. The van der Waals surface area contributed by atoms with E-state index in [1.54, 1.807) is 6.92 Å². The monoisotopic (exact) mass is 207 g/mol. The van der Waals surface area contributed by atoms with E-state index in [1.807, 2.05) is 0 Å². The van der Waals surface area contributed by atoms with Crippen LogP contribution in [-0.2, 0) is 12.6 Å². The van der Waals surface area contributed by atoms with Crippen LogP contribution in [0.5, 0.6) is 0 Å². The van der Waals surface area contributed by atoms with Crippen LogP contribution in [-0.4, -0.2) is 6.04 Å². The number of hydrogen-bond donors (Lipinski definition) is 1. The first-order valence-corrected chi connectivity index (χ1v) is 4.31. The molecule has 0 fully saturated rings. The van der Waals surface area contributed by atoms with E-state index in [-0.39, 0.29) is 6.04 Å². The summed E-state index contributed by atoms with van der Waals surface area (Å²) in [6.45, 7) is 1.80. The van der Waals surface area contributed by atoms with Crippen molar-refractivity contribution in [3.8, 4) is 0 Å². The number of halogens is 3. The summed E-state index contributed by atoms with van der Waals surface area (Å²) < 4.78 is 40.9. The molecular weight excluding hydrogens is 195 g/mol. The molecule has 0 spiro atoms. The predicted octanol–water partition coefficient (Wildman–Crippen LogP) is 2.58. The number of hydrogen-bond acceptors (Lipinski definition) is 2. The van der Waals surface area contributed by atoms with Gasteiger partial charge in [0.05, 0.1) is 0 Å². The second-order valence-corrected chi connectivity index (χ2v) is 3.28. The fraction of sp³-hybridized carbons (Fsp3) is 0.556. The maximum absolute atomic E-state index is 12.1. The smallest absolute Gasteiger partial charge is 0.449 e. The summed E-state index contributed by atoms with van der Waals surface area (Å²) in [5, 5.41) is 0. The zero-order chi connectivity index (χ0) is 10.8. The van der Waals surface area contributed by atoms with Crippen molar-refractivity contribution in [3.63, 3.8) is 0 Å². The van der Waals surface area contributed by atoms with Crippen LogP contribution in [0, 0.1) is 0 Å². The Hall–Kier alpha value is -0.970. The van der Waals surface area contributed by atoms with Crippen molar-refractivity contribution in [2.75, 3.05) is 0 Å². The fourth-order valence-corrected chi connectivity index (χ4v) is 1.03. The molecule has 0 saturated carbocycles. The summed E-state index contributed by atoms with van der Waals surface area (Å²) in [6.07, 6.45) is -3.34. The molecule has 0 radical (unpaired) electrons. The van der Waals surface area contributed by atoms with Crippen molar-refractivity contribution >= 4 is 0 Å². The summed E-state index contributed by atoms with van der Waals surface area (Å²) in [6, 6.07) is 2.25. The average Bonchev–Trinajstić information content (AvgIpc) is 2.47. The van der Waals surface area contributed by atoms with Gasteiger partial charge in [-0.2, -0.15) is 13.2 Å². The van der Waals surface area contributed by atoms with Gasteiger partial charge in [-0.25, -0.2) is 0 Å². The minimum atomic E-state index is -4.40. The standard InChI is InChI=1S/C9H12F3NO/c1-6(13)2-3-7-4-5-8(14-7)9(10,11)12/h4-6H,2-3,13H2,1H3/t6-/m1/s1. The normalized spacial score (nSPS) is 14.4. The lowest BCUT2D eigenvalue weighted by molar-refractivity contribution is -0.153. The van der Waals surface area contributed by atoms with Crippen molar-refractivity contribution in [3.05, 3.63) is 23.7 Å². The molecule has 14 heavy (non-hydrogen) atoms. The molecule has 0 aromatic carbocycles. The van der Waals surface area contributed by atoms with Crippen molar-refractivity contribution < 1.29 is 17.6 Å². The van der Waals surface area contributed by atoms with Gasteiger partial charge in [0.15, 0.2) is 0 Å².